The summed E-state index contributed by atoms with van der Waals surface area (Å²) in [5.41, 5.74) is 2.17. The summed E-state index contributed by atoms with van der Waals surface area (Å²) >= 11 is 0. The van der Waals surface area contributed by atoms with Crippen LogP contribution >= 0.6 is 0 Å². The molecule has 0 aliphatic carbocycles. The molecular weight excluding hydrogens is 242 g/mol. The van der Waals surface area contributed by atoms with Crippen LogP contribution in [0.15, 0.2) is 59.2 Å². The molecule has 0 saturated heterocycles. The van der Waals surface area contributed by atoms with Crippen molar-refractivity contribution in [2.75, 3.05) is 0 Å². The van der Waals surface area contributed by atoms with E-state index >= 15 is 0 Å². The van der Waals surface area contributed by atoms with E-state index in [4.69, 9.17) is 4.42 Å². The number of phenolic OH excluding ortho intramolecular Hbond substituents is 2. The molecule has 4 heteroatoms. The van der Waals surface area contributed by atoms with E-state index < -0.39 is 0 Å². The van der Waals surface area contributed by atoms with Gasteiger partial charge < -0.3 is 14.6 Å². The molecule has 0 atom stereocenters. The molecule has 2 N–H and O–H groups in total. The zero-order valence-corrected chi connectivity index (χ0v) is 9.95. The fourth-order valence-electron chi connectivity index (χ4n) is 1.80. The summed E-state index contributed by atoms with van der Waals surface area (Å²) in [5, 5.41) is 18.8. The summed E-state index contributed by atoms with van der Waals surface area (Å²) in [6.07, 6.45) is 1.52. The van der Waals surface area contributed by atoms with Crippen LogP contribution in [0.4, 0.5) is 0 Å². The molecule has 2 aromatic carbocycles. The standard InChI is InChI=1S/C15H11NO3/c17-13-7-6-11(8-14(13)18)12-9-19-15(16-12)10-4-2-1-3-5-10/h1-9,17-18H. The zero-order chi connectivity index (χ0) is 13.2. The molecule has 0 spiro atoms. The molecule has 0 radical (unpaired) electrons. The van der Waals surface area contributed by atoms with Crippen LogP contribution in [0, 0.1) is 0 Å². The van der Waals surface area contributed by atoms with Crippen LogP contribution in [0.1, 0.15) is 0 Å². The molecule has 0 aliphatic rings. The summed E-state index contributed by atoms with van der Waals surface area (Å²) in [5.74, 6) is 0.181. The first kappa shape index (κ1) is 11.3. The van der Waals surface area contributed by atoms with Crippen LogP contribution in [0.2, 0.25) is 0 Å². The van der Waals surface area contributed by atoms with Crippen molar-refractivity contribution in [3.63, 3.8) is 0 Å². The van der Waals surface area contributed by atoms with Crippen molar-refractivity contribution >= 4 is 0 Å². The molecule has 1 heterocycles. The lowest BCUT2D eigenvalue weighted by Gasteiger charge is -1.99. The highest BCUT2D eigenvalue weighted by molar-refractivity contribution is 5.65. The summed E-state index contributed by atoms with van der Waals surface area (Å²) in [4.78, 5) is 4.36. The van der Waals surface area contributed by atoms with Gasteiger partial charge in [0, 0.05) is 11.1 Å². The molecule has 4 nitrogen and oxygen atoms in total. The van der Waals surface area contributed by atoms with Gasteiger partial charge in [-0.15, -0.1) is 0 Å². The van der Waals surface area contributed by atoms with Gasteiger partial charge in [0.25, 0.3) is 0 Å². The summed E-state index contributed by atoms with van der Waals surface area (Å²) in [6, 6.07) is 14.1. The van der Waals surface area contributed by atoms with Crippen LogP contribution in [0.3, 0.4) is 0 Å². The Bertz CT molecular complexity index is 704. The third-order valence-electron chi connectivity index (χ3n) is 2.80. The maximum Gasteiger partial charge on any atom is 0.226 e. The van der Waals surface area contributed by atoms with Gasteiger partial charge in [-0.25, -0.2) is 4.98 Å². The molecule has 3 rings (SSSR count). The molecule has 19 heavy (non-hydrogen) atoms. The smallest absolute Gasteiger partial charge is 0.226 e. The van der Waals surface area contributed by atoms with Gasteiger partial charge in [-0.3, -0.25) is 0 Å². The topological polar surface area (TPSA) is 66.5 Å². The van der Waals surface area contributed by atoms with Gasteiger partial charge >= 0.3 is 0 Å². The Morgan fingerprint density at radius 1 is 0.842 bits per heavy atom. The Kier molecular flexibility index (Phi) is 2.68. The first-order chi connectivity index (χ1) is 9.24. The fraction of sp³-hybridized carbons (Fsp3) is 0. The first-order valence-electron chi connectivity index (χ1n) is 5.77. The number of aromatic hydroxyl groups is 2. The van der Waals surface area contributed by atoms with Crippen LogP contribution in [-0.2, 0) is 0 Å². The third kappa shape index (κ3) is 2.15. The van der Waals surface area contributed by atoms with E-state index in [1.165, 1.54) is 18.4 Å². The van der Waals surface area contributed by atoms with Crippen molar-refractivity contribution in [2.24, 2.45) is 0 Å². The van der Waals surface area contributed by atoms with Crippen LogP contribution in [0.25, 0.3) is 22.7 Å². The van der Waals surface area contributed by atoms with Crippen molar-refractivity contribution in [1.29, 1.82) is 0 Å². The number of hydrogen-bond acceptors (Lipinski definition) is 4. The van der Waals surface area contributed by atoms with E-state index in [1.54, 1.807) is 6.07 Å². The van der Waals surface area contributed by atoms with Gasteiger partial charge in [0.1, 0.15) is 12.0 Å². The highest BCUT2D eigenvalue weighted by Gasteiger charge is 2.09. The predicted octanol–water partition coefficient (Wildman–Crippen LogP) is 3.42. The minimum atomic E-state index is -0.179. The fourth-order valence-corrected chi connectivity index (χ4v) is 1.80. The largest absolute Gasteiger partial charge is 0.504 e. The van der Waals surface area contributed by atoms with Gasteiger partial charge in [0.2, 0.25) is 5.89 Å². The Balaban J connectivity index is 1.99. The Morgan fingerprint density at radius 2 is 1.63 bits per heavy atom. The Hall–Kier alpha value is -2.75. The molecule has 3 aromatic rings. The van der Waals surface area contributed by atoms with Gasteiger partial charge in [-0.05, 0) is 30.3 Å². The molecule has 0 aliphatic heterocycles. The third-order valence-corrected chi connectivity index (χ3v) is 2.80. The molecule has 94 valence electrons. The number of rotatable bonds is 2. The molecule has 0 saturated carbocycles. The number of nitrogens with zero attached hydrogens (tertiary/aromatic N) is 1. The summed E-state index contributed by atoms with van der Waals surface area (Å²) in [6.45, 7) is 0. The number of benzene rings is 2. The van der Waals surface area contributed by atoms with Gasteiger partial charge in [-0.2, -0.15) is 0 Å². The van der Waals surface area contributed by atoms with Crippen LogP contribution < -0.4 is 0 Å². The molecule has 0 unspecified atom stereocenters. The van der Waals surface area contributed by atoms with Crippen molar-refractivity contribution in [1.82, 2.24) is 4.98 Å². The van der Waals surface area contributed by atoms with E-state index in [9.17, 15) is 10.2 Å². The van der Waals surface area contributed by atoms with Gasteiger partial charge in [-0.1, -0.05) is 18.2 Å². The molecular formula is C15H11NO3. The second-order valence-electron chi connectivity index (χ2n) is 4.11. The highest BCUT2D eigenvalue weighted by Crippen LogP contribution is 2.31. The molecule has 1 aromatic heterocycles. The zero-order valence-electron chi connectivity index (χ0n) is 9.95. The monoisotopic (exact) mass is 253 g/mol. The van der Waals surface area contributed by atoms with E-state index in [2.05, 4.69) is 4.98 Å². The number of oxazole rings is 1. The van der Waals surface area contributed by atoms with E-state index in [0.29, 0.717) is 17.1 Å². The Labute approximate surface area is 109 Å². The van der Waals surface area contributed by atoms with Crippen LogP contribution in [0.5, 0.6) is 11.5 Å². The van der Waals surface area contributed by atoms with Crippen molar-refractivity contribution < 1.29 is 14.6 Å². The molecule has 0 fully saturated rings. The minimum absolute atomic E-state index is 0.157. The second kappa shape index (κ2) is 4.49. The van der Waals surface area contributed by atoms with E-state index in [0.717, 1.165) is 5.56 Å². The predicted molar refractivity (Wildman–Crippen MR) is 70.7 cm³/mol. The van der Waals surface area contributed by atoms with Crippen LogP contribution in [-0.4, -0.2) is 15.2 Å². The van der Waals surface area contributed by atoms with Gasteiger partial charge in [0.15, 0.2) is 11.5 Å². The van der Waals surface area contributed by atoms with Gasteiger partial charge in [0.05, 0.1) is 0 Å². The number of phenols is 2. The SMILES string of the molecule is Oc1ccc(-c2coc(-c3ccccc3)n2)cc1O. The molecule has 0 amide bonds. The highest BCUT2D eigenvalue weighted by atomic mass is 16.3. The number of aromatic nitrogens is 1. The van der Waals surface area contributed by atoms with E-state index in [-0.39, 0.29) is 11.5 Å². The quantitative estimate of drug-likeness (QED) is 0.687. The van der Waals surface area contributed by atoms with E-state index in [1.807, 2.05) is 30.3 Å². The minimum Gasteiger partial charge on any atom is -0.504 e. The Morgan fingerprint density at radius 3 is 2.37 bits per heavy atom. The average molecular weight is 253 g/mol. The summed E-state index contributed by atoms with van der Waals surface area (Å²) in [7, 11) is 0. The lowest BCUT2D eigenvalue weighted by molar-refractivity contribution is 0.404. The lowest BCUT2D eigenvalue weighted by Crippen LogP contribution is -1.80. The van der Waals surface area contributed by atoms with Crippen molar-refractivity contribution in [2.45, 2.75) is 0 Å². The maximum absolute atomic E-state index is 9.48. The second-order valence-corrected chi connectivity index (χ2v) is 4.11. The van der Waals surface area contributed by atoms with Crippen molar-refractivity contribution in [3.8, 4) is 34.2 Å². The molecule has 0 bridgehead atoms. The normalized spacial score (nSPS) is 10.5. The maximum atomic E-state index is 9.48. The van der Waals surface area contributed by atoms with Crippen molar-refractivity contribution in [3.05, 3.63) is 54.8 Å². The lowest BCUT2D eigenvalue weighted by atomic mass is 10.1. The average Bonchev–Trinajstić information content (AvgIpc) is 2.93. The first-order valence-corrected chi connectivity index (χ1v) is 5.77. The number of hydrogen-bond donors (Lipinski definition) is 2. The summed E-state index contributed by atoms with van der Waals surface area (Å²) < 4.78 is 5.42.